The van der Waals surface area contributed by atoms with E-state index in [2.05, 4.69) is 0 Å². The van der Waals surface area contributed by atoms with Crippen LogP contribution in [0.4, 0.5) is 0 Å². The van der Waals surface area contributed by atoms with Gasteiger partial charge in [0.05, 0.1) is 0 Å². The Bertz CT molecular complexity index is 3.61. The van der Waals surface area contributed by atoms with Gasteiger partial charge in [-0.05, 0) is 0 Å². The average Bonchev–Trinajstić information content (AvgIpc) is 0. The molecule has 0 aromatic rings. The minimum absolute atomic E-state index is 0. The van der Waals surface area contributed by atoms with E-state index >= 15 is 0 Å². The van der Waals surface area contributed by atoms with Crippen molar-refractivity contribution in [2.24, 2.45) is 0 Å². The smallest absolute Gasteiger partial charge is 0 e. The van der Waals surface area contributed by atoms with Crippen LogP contribution in [0.1, 0.15) is 0 Å². The van der Waals surface area contributed by atoms with Crippen molar-refractivity contribution in [3.8, 4) is 0 Å². The molecule has 42 valence electrons. The first-order valence-electron chi connectivity index (χ1n) is 0. The molecule has 0 amide bonds. The quantitative estimate of drug-likeness (QED) is 0.271. The van der Waals surface area contributed by atoms with Gasteiger partial charge in [0, 0.05) is 16.5 Å². The van der Waals surface area contributed by atoms with Crippen LogP contribution in [-0.2, 0) is 70.5 Å². The molecule has 0 aliphatic heterocycles. The summed E-state index contributed by atoms with van der Waals surface area (Å²) in [6.45, 7) is 0. The van der Waals surface area contributed by atoms with Crippen molar-refractivity contribution >= 4 is 54.0 Å². The van der Waals surface area contributed by atoms with Crippen molar-refractivity contribution < 1.29 is 16.5 Å². The zero-order valence-corrected chi connectivity index (χ0v) is 6.67. The summed E-state index contributed by atoms with van der Waals surface area (Å²) in [4.78, 5) is 0. The standard InChI is InChI=1S/Ni.4H2S/h;4*1H2/p-4. The van der Waals surface area contributed by atoms with Crippen molar-refractivity contribution in [1.82, 2.24) is 0 Å². The molecule has 0 N–H and O–H groups in total. The molecule has 0 saturated heterocycles. The van der Waals surface area contributed by atoms with E-state index in [1.165, 1.54) is 0 Å². The molecule has 0 nitrogen and oxygen atoms in total. The maximum atomic E-state index is 0. The number of rotatable bonds is 0. The Hall–Kier alpha value is 1.89. The van der Waals surface area contributed by atoms with E-state index in [4.69, 9.17) is 0 Å². The third-order valence-electron chi connectivity index (χ3n) is 0. The molecule has 0 spiro atoms. The van der Waals surface area contributed by atoms with E-state index in [1.54, 1.807) is 0 Å². The fourth-order valence-corrected chi connectivity index (χ4v) is 0. The zero-order chi connectivity index (χ0) is 0. The van der Waals surface area contributed by atoms with Crippen LogP contribution in [0.3, 0.4) is 0 Å². The topological polar surface area (TPSA) is 0 Å². The molecule has 0 rings (SSSR count). The predicted molar refractivity (Wildman–Crippen MR) is 35.0 cm³/mol. The van der Waals surface area contributed by atoms with Crippen LogP contribution >= 0.6 is 0 Å². The molecule has 0 radical (unpaired) electrons. The van der Waals surface area contributed by atoms with Gasteiger partial charge in [0.15, 0.2) is 0 Å². The fourth-order valence-electron chi connectivity index (χ4n) is 0. The third kappa shape index (κ3) is 24.9. The number of thiol groups is 4. The Kier molecular flexibility index (Phi) is 526. The first-order chi connectivity index (χ1) is 0. The van der Waals surface area contributed by atoms with Gasteiger partial charge in [0.25, 0.3) is 0 Å². The molecule has 0 heterocycles. The predicted octanol–water partition coefficient (Wildman–Crippen LogP) is -1.08. The van der Waals surface area contributed by atoms with Crippen LogP contribution in [0.5, 0.6) is 0 Å². The van der Waals surface area contributed by atoms with Gasteiger partial charge in [-0.15, -0.1) is 0 Å². The summed E-state index contributed by atoms with van der Waals surface area (Å²) in [6, 6.07) is 0. The van der Waals surface area contributed by atoms with Gasteiger partial charge in [0.2, 0.25) is 0 Å². The Morgan fingerprint density at radius 2 is 0.400 bits per heavy atom. The average molecular weight is 191 g/mol. The second kappa shape index (κ2) is 39.4. The van der Waals surface area contributed by atoms with Crippen molar-refractivity contribution in [2.75, 3.05) is 0 Å². The molecule has 0 aromatic heterocycles. The van der Waals surface area contributed by atoms with Gasteiger partial charge in [-0.1, -0.05) is 0 Å². The van der Waals surface area contributed by atoms with Crippen LogP contribution in [-0.4, -0.2) is 0 Å². The van der Waals surface area contributed by atoms with Crippen molar-refractivity contribution in [3.63, 3.8) is 0 Å². The molecule has 0 aliphatic rings. The van der Waals surface area contributed by atoms with E-state index in [-0.39, 0.29) is 70.5 Å². The minimum Gasteiger partial charge on any atom is -0.813 e. The zero-order valence-electron chi connectivity index (χ0n) is 2.11. The van der Waals surface area contributed by atoms with Crippen LogP contribution in [0.15, 0.2) is 0 Å². The van der Waals surface area contributed by atoms with Crippen molar-refractivity contribution in [1.29, 1.82) is 0 Å². The summed E-state index contributed by atoms with van der Waals surface area (Å²) in [5.41, 5.74) is 0. The molecule has 0 bridgehead atoms. The van der Waals surface area contributed by atoms with E-state index < -0.39 is 0 Å². The minimum atomic E-state index is 0. The maximum absolute atomic E-state index is 0. The summed E-state index contributed by atoms with van der Waals surface area (Å²) >= 11 is 0. The molecule has 0 fully saturated rings. The van der Waals surface area contributed by atoms with Crippen LogP contribution < -0.4 is 0 Å². The van der Waals surface area contributed by atoms with Gasteiger partial charge in [-0.25, -0.2) is 0 Å². The monoisotopic (exact) mass is 190 g/mol. The van der Waals surface area contributed by atoms with Crippen LogP contribution in [0, 0.1) is 0 Å². The number of hydrogen-bond donors (Lipinski definition) is 0. The molecule has 0 saturated carbocycles. The fraction of sp³-hybridized carbons (Fsp3) is 0. The summed E-state index contributed by atoms with van der Waals surface area (Å²) < 4.78 is 0. The molecular weight excluding hydrogens is 187 g/mol. The van der Waals surface area contributed by atoms with Crippen LogP contribution in [0.2, 0.25) is 0 Å². The van der Waals surface area contributed by atoms with Gasteiger partial charge >= 0.3 is 0 Å². The van der Waals surface area contributed by atoms with E-state index in [9.17, 15) is 0 Å². The Labute approximate surface area is 70.2 Å². The second-order valence-corrected chi connectivity index (χ2v) is 0. The normalized spacial score (nSPS) is 0. The molecule has 0 aliphatic carbocycles. The molecule has 5 heteroatoms. The van der Waals surface area contributed by atoms with Gasteiger partial charge in [-0.3, -0.25) is 0 Å². The molecule has 0 unspecified atom stereocenters. The molecular formula is H4NiS4-4. The summed E-state index contributed by atoms with van der Waals surface area (Å²) in [5.74, 6) is 0. The van der Waals surface area contributed by atoms with E-state index in [0.29, 0.717) is 0 Å². The molecule has 0 atom stereocenters. The largest absolute Gasteiger partial charge is 0.813 e. The second-order valence-electron chi connectivity index (χ2n) is 0. The van der Waals surface area contributed by atoms with Crippen molar-refractivity contribution in [2.45, 2.75) is 0 Å². The molecule has 5 heavy (non-hydrogen) atoms. The maximum Gasteiger partial charge on any atom is 0 e. The first kappa shape index (κ1) is 66.8. The Morgan fingerprint density at radius 1 is 0.400 bits per heavy atom. The van der Waals surface area contributed by atoms with Crippen molar-refractivity contribution in [3.05, 3.63) is 0 Å². The first-order valence-corrected chi connectivity index (χ1v) is 0. The third-order valence-corrected chi connectivity index (χ3v) is 0. The molecule has 0 aromatic carbocycles. The van der Waals surface area contributed by atoms with E-state index in [0.717, 1.165) is 0 Å². The Morgan fingerprint density at radius 3 is 0.400 bits per heavy atom. The van der Waals surface area contributed by atoms with Gasteiger partial charge < -0.3 is 54.0 Å². The summed E-state index contributed by atoms with van der Waals surface area (Å²) in [5, 5.41) is 0. The Balaban J connectivity index is 0. The summed E-state index contributed by atoms with van der Waals surface area (Å²) in [6.07, 6.45) is 0. The van der Waals surface area contributed by atoms with E-state index in [1.807, 2.05) is 0 Å². The number of hydrogen-bond acceptors (Lipinski definition) is 4. The van der Waals surface area contributed by atoms with Gasteiger partial charge in [-0.2, -0.15) is 0 Å². The van der Waals surface area contributed by atoms with Gasteiger partial charge in [0.1, 0.15) is 0 Å². The van der Waals surface area contributed by atoms with Crippen LogP contribution in [0.25, 0.3) is 0 Å². The SMILES string of the molecule is [Ni].[SH-].[SH-].[SH-].[SH-]. The summed E-state index contributed by atoms with van der Waals surface area (Å²) in [7, 11) is 0.